The summed E-state index contributed by atoms with van der Waals surface area (Å²) in [5, 5.41) is 11.6. The van der Waals surface area contributed by atoms with Crippen molar-refractivity contribution in [3.05, 3.63) is 43.9 Å². The van der Waals surface area contributed by atoms with Gasteiger partial charge in [-0.2, -0.15) is 0 Å². The van der Waals surface area contributed by atoms with Crippen LogP contribution in [0.25, 0.3) is 10.2 Å². The molecule has 3 aromatic rings. The summed E-state index contributed by atoms with van der Waals surface area (Å²) in [6.07, 6.45) is 0. The first kappa shape index (κ1) is 21.7. The lowest BCUT2D eigenvalue weighted by Crippen LogP contribution is -1.94. The Balaban J connectivity index is 0.000000200. The number of methoxy groups -OCH3 is 4. The second-order valence-corrected chi connectivity index (χ2v) is 7.39. The van der Waals surface area contributed by atoms with Gasteiger partial charge in [-0.15, -0.1) is 11.3 Å². The number of nitro groups is 1. The molecule has 8 nitrogen and oxygen atoms in total. The minimum absolute atomic E-state index is 0.0531. The van der Waals surface area contributed by atoms with Crippen molar-refractivity contribution in [1.82, 2.24) is 4.98 Å². The second-order valence-electron chi connectivity index (χ2n) is 5.30. The van der Waals surface area contributed by atoms with Crippen LogP contribution in [0.3, 0.4) is 0 Å². The Hall–Kier alpha value is -2.59. The molecule has 0 radical (unpaired) electrons. The topological polar surface area (TPSA) is 93.0 Å². The van der Waals surface area contributed by atoms with E-state index in [9.17, 15) is 10.1 Å². The molecule has 0 unspecified atom stereocenters. The molecule has 28 heavy (non-hydrogen) atoms. The first-order valence-electron chi connectivity index (χ1n) is 7.90. The standard InChI is InChI=1S/C10H11NO2S.C8H8BrNO4/c1-6-11-9-8(14-6)5-4-7(12-2)10(9)13-3;1-13-7-3-5(9)6(10(11)12)4-8(7)14-2/h4-5H,1-3H3;3-4H,1-2H3. The van der Waals surface area contributed by atoms with Crippen molar-refractivity contribution in [1.29, 1.82) is 0 Å². The molecule has 3 rings (SSSR count). The maximum atomic E-state index is 10.6. The van der Waals surface area contributed by atoms with Crippen LogP contribution in [0.5, 0.6) is 23.0 Å². The van der Waals surface area contributed by atoms with Gasteiger partial charge in [0.25, 0.3) is 5.69 Å². The number of halogens is 1. The van der Waals surface area contributed by atoms with E-state index in [4.69, 9.17) is 18.9 Å². The van der Waals surface area contributed by atoms with Gasteiger partial charge in [0.1, 0.15) is 5.52 Å². The highest BCUT2D eigenvalue weighted by atomic mass is 79.9. The van der Waals surface area contributed by atoms with Gasteiger partial charge >= 0.3 is 0 Å². The average Bonchev–Trinajstić information content (AvgIpc) is 3.07. The molecule has 0 amide bonds. The van der Waals surface area contributed by atoms with Crippen LogP contribution < -0.4 is 18.9 Å². The number of nitrogens with zero attached hydrogens (tertiary/aromatic N) is 2. The molecule has 0 aliphatic rings. The lowest BCUT2D eigenvalue weighted by Gasteiger charge is -2.07. The van der Waals surface area contributed by atoms with E-state index < -0.39 is 4.92 Å². The lowest BCUT2D eigenvalue weighted by molar-refractivity contribution is -0.385. The quantitative estimate of drug-likeness (QED) is 0.382. The number of aryl methyl sites for hydroxylation is 1. The van der Waals surface area contributed by atoms with Crippen molar-refractivity contribution in [3.8, 4) is 23.0 Å². The number of rotatable bonds is 5. The molecular formula is C18H19BrN2O6S. The molecule has 0 aliphatic heterocycles. The number of ether oxygens (including phenoxy) is 4. The summed E-state index contributed by atoms with van der Waals surface area (Å²) in [5.41, 5.74) is 0.831. The Labute approximate surface area is 174 Å². The first-order chi connectivity index (χ1) is 13.4. The third-order valence-electron chi connectivity index (χ3n) is 3.66. The Bertz CT molecular complexity index is 992. The van der Waals surface area contributed by atoms with Crippen molar-refractivity contribution in [2.24, 2.45) is 0 Å². The predicted molar refractivity (Wildman–Crippen MR) is 111 cm³/mol. The van der Waals surface area contributed by atoms with Crippen molar-refractivity contribution >= 4 is 43.2 Å². The molecule has 0 aliphatic carbocycles. The second kappa shape index (κ2) is 9.56. The van der Waals surface area contributed by atoms with Gasteiger partial charge in [-0.3, -0.25) is 10.1 Å². The van der Waals surface area contributed by atoms with E-state index in [0.29, 0.717) is 21.7 Å². The van der Waals surface area contributed by atoms with Gasteiger partial charge < -0.3 is 18.9 Å². The van der Waals surface area contributed by atoms with Gasteiger partial charge in [0, 0.05) is 6.07 Å². The molecule has 1 aromatic heterocycles. The Kier molecular flexibility index (Phi) is 7.41. The minimum atomic E-state index is -0.494. The Morgan fingerprint density at radius 2 is 1.61 bits per heavy atom. The third kappa shape index (κ3) is 4.63. The average molecular weight is 471 g/mol. The molecule has 10 heteroatoms. The van der Waals surface area contributed by atoms with Gasteiger partial charge in [-0.25, -0.2) is 4.98 Å². The van der Waals surface area contributed by atoms with Gasteiger partial charge in [0.2, 0.25) is 0 Å². The zero-order chi connectivity index (χ0) is 20.8. The highest BCUT2D eigenvalue weighted by Gasteiger charge is 2.17. The van der Waals surface area contributed by atoms with E-state index >= 15 is 0 Å². The fraction of sp³-hybridized carbons (Fsp3) is 0.278. The number of hydrogen-bond donors (Lipinski definition) is 0. The fourth-order valence-corrected chi connectivity index (χ4v) is 3.70. The summed E-state index contributed by atoms with van der Waals surface area (Å²) in [6, 6.07) is 6.71. The van der Waals surface area contributed by atoms with E-state index in [1.165, 1.54) is 26.4 Å². The molecule has 1 heterocycles. The maximum Gasteiger partial charge on any atom is 0.287 e. The molecule has 0 fully saturated rings. The van der Waals surface area contributed by atoms with Crippen LogP contribution in [0.1, 0.15) is 5.01 Å². The number of fused-ring (bicyclic) bond motifs is 1. The summed E-state index contributed by atoms with van der Waals surface area (Å²) in [5.74, 6) is 2.23. The molecule has 0 saturated carbocycles. The summed E-state index contributed by atoms with van der Waals surface area (Å²) < 4.78 is 21.9. The van der Waals surface area contributed by atoms with Crippen LogP contribution >= 0.6 is 27.3 Å². The summed E-state index contributed by atoms with van der Waals surface area (Å²) >= 11 is 4.73. The highest BCUT2D eigenvalue weighted by molar-refractivity contribution is 9.10. The zero-order valence-electron chi connectivity index (χ0n) is 15.9. The molecule has 150 valence electrons. The molecule has 0 spiro atoms. The van der Waals surface area contributed by atoms with E-state index in [1.54, 1.807) is 25.6 Å². The van der Waals surface area contributed by atoms with E-state index in [-0.39, 0.29) is 5.69 Å². The van der Waals surface area contributed by atoms with Crippen molar-refractivity contribution in [2.45, 2.75) is 6.92 Å². The molecule has 0 saturated heterocycles. The Morgan fingerprint density at radius 1 is 1.00 bits per heavy atom. The SMILES string of the molecule is COc1cc(Br)c([N+](=O)[O-])cc1OC.COc1ccc2sc(C)nc2c1OC. The zero-order valence-corrected chi connectivity index (χ0v) is 18.3. The van der Waals surface area contributed by atoms with E-state index in [0.717, 1.165) is 21.0 Å². The van der Waals surface area contributed by atoms with Crippen LogP contribution in [-0.4, -0.2) is 38.3 Å². The van der Waals surface area contributed by atoms with Crippen molar-refractivity contribution in [2.75, 3.05) is 28.4 Å². The highest BCUT2D eigenvalue weighted by Crippen LogP contribution is 2.38. The van der Waals surface area contributed by atoms with E-state index in [2.05, 4.69) is 20.9 Å². The molecule has 2 aromatic carbocycles. The number of hydrogen-bond acceptors (Lipinski definition) is 8. The normalized spacial score (nSPS) is 10.1. The van der Waals surface area contributed by atoms with Gasteiger partial charge in [0.05, 0.1) is 53.6 Å². The van der Waals surface area contributed by atoms with E-state index in [1.807, 2.05) is 19.1 Å². The van der Waals surface area contributed by atoms with Crippen molar-refractivity contribution < 1.29 is 23.9 Å². The summed E-state index contributed by atoms with van der Waals surface area (Å²) in [6.45, 7) is 1.98. The van der Waals surface area contributed by atoms with Gasteiger partial charge in [0.15, 0.2) is 23.0 Å². The molecule has 0 N–H and O–H groups in total. The van der Waals surface area contributed by atoms with Crippen LogP contribution in [0.2, 0.25) is 0 Å². The third-order valence-corrected chi connectivity index (χ3v) is 5.23. The van der Waals surface area contributed by atoms with Crippen LogP contribution in [0, 0.1) is 17.0 Å². The number of thiazole rings is 1. The van der Waals surface area contributed by atoms with Crippen LogP contribution in [0.4, 0.5) is 5.69 Å². The predicted octanol–water partition coefficient (Wildman–Crippen LogP) is 5.00. The van der Waals surface area contributed by atoms with Gasteiger partial charge in [-0.05, 0) is 35.0 Å². The fourth-order valence-electron chi connectivity index (χ4n) is 2.40. The minimum Gasteiger partial charge on any atom is -0.493 e. The largest absolute Gasteiger partial charge is 0.493 e. The maximum absolute atomic E-state index is 10.6. The molecule has 0 bridgehead atoms. The smallest absolute Gasteiger partial charge is 0.287 e. The lowest BCUT2D eigenvalue weighted by atomic mass is 10.3. The summed E-state index contributed by atoms with van der Waals surface area (Å²) in [4.78, 5) is 14.5. The molecule has 0 atom stereocenters. The molecular weight excluding hydrogens is 452 g/mol. The Morgan fingerprint density at radius 3 is 2.14 bits per heavy atom. The van der Waals surface area contributed by atoms with Crippen LogP contribution in [-0.2, 0) is 0 Å². The van der Waals surface area contributed by atoms with Gasteiger partial charge in [-0.1, -0.05) is 0 Å². The monoisotopic (exact) mass is 470 g/mol. The number of benzene rings is 2. The number of aromatic nitrogens is 1. The first-order valence-corrected chi connectivity index (χ1v) is 9.51. The summed E-state index contributed by atoms with van der Waals surface area (Å²) in [7, 11) is 6.15. The van der Waals surface area contributed by atoms with Crippen molar-refractivity contribution in [3.63, 3.8) is 0 Å². The van der Waals surface area contributed by atoms with Crippen LogP contribution in [0.15, 0.2) is 28.7 Å². The number of nitro benzene ring substituents is 1.